The van der Waals surface area contributed by atoms with E-state index in [1.165, 1.54) is 0 Å². The Bertz CT molecular complexity index is 1040. The molecule has 0 aliphatic rings. The van der Waals surface area contributed by atoms with Crippen molar-refractivity contribution in [3.8, 4) is 0 Å². The second kappa shape index (κ2) is 9.08. The van der Waals surface area contributed by atoms with E-state index in [1.54, 1.807) is 29.1 Å². The van der Waals surface area contributed by atoms with Crippen LogP contribution in [0.1, 0.15) is 23.9 Å². The largest absolute Gasteiger partial charge is 0.308 e. The number of nitrogens with one attached hydrogen (secondary N) is 1. The van der Waals surface area contributed by atoms with E-state index in [0.717, 1.165) is 21.4 Å². The average molecular weight is 520 g/mol. The maximum atomic E-state index is 12.6. The molecule has 6 nitrogen and oxygen atoms in total. The van der Waals surface area contributed by atoms with Crippen LogP contribution >= 0.6 is 50.7 Å². The molecule has 1 amide bonds. The summed E-state index contributed by atoms with van der Waals surface area (Å²) in [5.41, 5.74) is 2.59. The van der Waals surface area contributed by atoms with Crippen LogP contribution in [-0.4, -0.2) is 25.5 Å². The number of carbonyl (C=O) groups is 1. The van der Waals surface area contributed by atoms with Gasteiger partial charge < -0.3 is 5.32 Å². The molecule has 1 aromatic carbocycles. The zero-order chi connectivity index (χ0) is 21.3. The van der Waals surface area contributed by atoms with Crippen LogP contribution in [0.5, 0.6) is 0 Å². The second-order valence-electron chi connectivity index (χ2n) is 6.78. The van der Waals surface area contributed by atoms with Crippen molar-refractivity contribution in [3.63, 3.8) is 0 Å². The van der Waals surface area contributed by atoms with Gasteiger partial charge >= 0.3 is 0 Å². The first-order valence-corrected chi connectivity index (χ1v) is 10.8. The lowest BCUT2D eigenvalue weighted by Crippen LogP contribution is -2.25. The molecule has 1 N–H and O–H groups in total. The van der Waals surface area contributed by atoms with Gasteiger partial charge in [0.25, 0.3) is 0 Å². The van der Waals surface area contributed by atoms with E-state index in [1.807, 2.05) is 25.5 Å². The molecule has 0 saturated heterocycles. The monoisotopic (exact) mass is 517 g/mol. The highest BCUT2D eigenvalue weighted by Crippen LogP contribution is 2.27. The van der Waals surface area contributed by atoms with Crippen LogP contribution in [0.3, 0.4) is 0 Å². The molecule has 0 bridgehead atoms. The summed E-state index contributed by atoms with van der Waals surface area (Å²) < 4.78 is 4.35. The number of aryl methyl sites for hydroxylation is 1. The summed E-state index contributed by atoms with van der Waals surface area (Å²) in [6.45, 7) is 6.47. The van der Waals surface area contributed by atoms with E-state index in [0.29, 0.717) is 34.0 Å². The lowest BCUT2D eigenvalue weighted by Gasteiger charge is -2.12. The van der Waals surface area contributed by atoms with Crippen LogP contribution in [0.15, 0.2) is 28.9 Å². The van der Waals surface area contributed by atoms with Crippen molar-refractivity contribution in [2.24, 2.45) is 5.92 Å². The van der Waals surface area contributed by atoms with Crippen molar-refractivity contribution < 1.29 is 4.79 Å². The van der Waals surface area contributed by atoms with Gasteiger partial charge in [0.1, 0.15) is 5.02 Å². The van der Waals surface area contributed by atoms with Crippen LogP contribution in [0.4, 0.5) is 5.82 Å². The lowest BCUT2D eigenvalue weighted by molar-refractivity contribution is -0.119. The summed E-state index contributed by atoms with van der Waals surface area (Å²) in [7, 11) is 0. The topological polar surface area (TPSA) is 64.7 Å². The maximum Gasteiger partial charge on any atom is 0.230 e. The first-order chi connectivity index (χ1) is 13.7. The Kier molecular flexibility index (Phi) is 6.94. The smallest absolute Gasteiger partial charge is 0.230 e. The normalized spacial score (nSPS) is 12.2. The summed E-state index contributed by atoms with van der Waals surface area (Å²) in [6, 6.07) is 5.30. The third-order valence-electron chi connectivity index (χ3n) is 4.53. The molecule has 0 aliphatic heterocycles. The predicted molar refractivity (Wildman–Crippen MR) is 120 cm³/mol. The standard InChI is InChI=1S/C19H19BrCl3N5O/c1-10(7-28-12(3)17(20)11(2)25-28)19(29)24-18-16(23)9-27(26-18)8-13-14(21)5-4-6-15(13)22/h4-6,9-10H,7-8H2,1-3H3,(H,24,26,29). The molecule has 0 spiro atoms. The Labute approximate surface area is 192 Å². The van der Waals surface area contributed by atoms with E-state index in [-0.39, 0.29) is 11.8 Å². The fourth-order valence-corrected chi connectivity index (χ4v) is 3.84. The summed E-state index contributed by atoms with van der Waals surface area (Å²) >= 11 is 22.2. The van der Waals surface area contributed by atoms with E-state index < -0.39 is 0 Å². The number of rotatable bonds is 6. The number of aromatic nitrogens is 4. The minimum absolute atomic E-state index is 0.198. The SMILES string of the molecule is Cc1nn(CC(C)C(=O)Nc2nn(Cc3c(Cl)cccc3Cl)cc2Cl)c(C)c1Br. The highest BCUT2D eigenvalue weighted by molar-refractivity contribution is 9.10. The summed E-state index contributed by atoms with van der Waals surface area (Å²) in [5.74, 6) is -0.239. The molecular formula is C19H19BrCl3N5O. The van der Waals surface area contributed by atoms with Crippen molar-refractivity contribution in [2.45, 2.75) is 33.9 Å². The van der Waals surface area contributed by atoms with Crippen LogP contribution in [-0.2, 0) is 17.9 Å². The van der Waals surface area contributed by atoms with Crippen molar-refractivity contribution in [3.05, 3.63) is 60.9 Å². The Morgan fingerprint density at radius 1 is 1.17 bits per heavy atom. The van der Waals surface area contributed by atoms with Gasteiger partial charge in [-0.15, -0.1) is 0 Å². The molecule has 1 unspecified atom stereocenters. The number of halogens is 4. The minimum Gasteiger partial charge on any atom is -0.308 e. The van der Waals surface area contributed by atoms with Gasteiger partial charge in [-0.05, 0) is 41.9 Å². The number of hydrogen-bond donors (Lipinski definition) is 1. The first-order valence-electron chi connectivity index (χ1n) is 8.83. The number of hydrogen-bond acceptors (Lipinski definition) is 3. The molecule has 3 aromatic rings. The van der Waals surface area contributed by atoms with Crippen molar-refractivity contribution in [1.82, 2.24) is 19.6 Å². The highest BCUT2D eigenvalue weighted by Gasteiger charge is 2.20. The Balaban J connectivity index is 1.70. The molecule has 0 aliphatic carbocycles. The van der Waals surface area contributed by atoms with Gasteiger partial charge in [0.05, 0.1) is 29.2 Å². The fraction of sp³-hybridized carbons (Fsp3) is 0.316. The van der Waals surface area contributed by atoms with Crippen LogP contribution in [0, 0.1) is 19.8 Å². The molecule has 0 radical (unpaired) electrons. The van der Waals surface area contributed by atoms with E-state index >= 15 is 0 Å². The van der Waals surface area contributed by atoms with Gasteiger partial charge in [-0.3, -0.25) is 14.2 Å². The molecular weight excluding hydrogens is 501 g/mol. The maximum absolute atomic E-state index is 12.6. The van der Waals surface area contributed by atoms with Crippen LogP contribution in [0.25, 0.3) is 0 Å². The predicted octanol–water partition coefficient (Wildman–Crippen LogP) is 5.74. The van der Waals surface area contributed by atoms with Crippen molar-refractivity contribution in [2.75, 3.05) is 5.32 Å². The summed E-state index contributed by atoms with van der Waals surface area (Å²) in [4.78, 5) is 12.6. The quantitative estimate of drug-likeness (QED) is 0.452. The van der Waals surface area contributed by atoms with Crippen molar-refractivity contribution in [1.29, 1.82) is 0 Å². The minimum atomic E-state index is -0.334. The second-order valence-corrected chi connectivity index (χ2v) is 8.80. The molecule has 3 rings (SSSR count). The van der Waals surface area contributed by atoms with E-state index in [4.69, 9.17) is 34.8 Å². The number of anilines is 1. The first kappa shape index (κ1) is 22.2. The number of carbonyl (C=O) groups excluding carboxylic acids is 1. The molecule has 29 heavy (non-hydrogen) atoms. The number of nitrogens with zero attached hydrogens (tertiary/aromatic N) is 4. The third-order valence-corrected chi connectivity index (χ3v) is 6.66. The molecule has 0 fully saturated rings. The van der Waals surface area contributed by atoms with Gasteiger partial charge in [-0.25, -0.2) is 0 Å². The van der Waals surface area contributed by atoms with E-state index in [2.05, 4.69) is 31.4 Å². The van der Waals surface area contributed by atoms with Crippen LogP contribution in [0.2, 0.25) is 15.1 Å². The average Bonchev–Trinajstić information content (AvgIpc) is 3.12. The Morgan fingerprint density at radius 2 is 1.83 bits per heavy atom. The van der Waals surface area contributed by atoms with Gasteiger partial charge in [-0.2, -0.15) is 10.2 Å². The molecule has 1 atom stereocenters. The zero-order valence-electron chi connectivity index (χ0n) is 16.0. The highest BCUT2D eigenvalue weighted by atomic mass is 79.9. The van der Waals surface area contributed by atoms with E-state index in [9.17, 15) is 4.79 Å². The lowest BCUT2D eigenvalue weighted by atomic mass is 10.1. The van der Waals surface area contributed by atoms with Gasteiger partial charge in [-0.1, -0.05) is 47.8 Å². The Morgan fingerprint density at radius 3 is 2.41 bits per heavy atom. The van der Waals surface area contributed by atoms with Crippen molar-refractivity contribution >= 4 is 62.5 Å². The Hall–Kier alpha value is -1.54. The van der Waals surface area contributed by atoms with Gasteiger partial charge in [0.2, 0.25) is 5.91 Å². The molecule has 2 heterocycles. The molecule has 2 aromatic heterocycles. The number of benzene rings is 1. The third kappa shape index (κ3) is 4.97. The summed E-state index contributed by atoms with van der Waals surface area (Å²) in [6.07, 6.45) is 1.62. The fourth-order valence-electron chi connectivity index (χ4n) is 2.84. The zero-order valence-corrected chi connectivity index (χ0v) is 19.9. The van der Waals surface area contributed by atoms with Gasteiger partial charge in [0, 0.05) is 27.5 Å². The molecule has 10 heteroatoms. The van der Waals surface area contributed by atoms with Gasteiger partial charge in [0.15, 0.2) is 5.82 Å². The number of amides is 1. The van der Waals surface area contributed by atoms with Crippen LogP contribution < -0.4 is 5.32 Å². The molecule has 0 saturated carbocycles. The molecule has 154 valence electrons. The summed E-state index contributed by atoms with van der Waals surface area (Å²) in [5, 5.41) is 13.0.